The lowest BCUT2D eigenvalue weighted by Gasteiger charge is -1.98. The Kier molecular flexibility index (Phi) is 3.73. The molecule has 1 aromatic heterocycles. The van der Waals surface area contributed by atoms with Gasteiger partial charge in [-0.3, -0.25) is 5.43 Å². The Morgan fingerprint density at radius 1 is 0.792 bits per heavy atom. The molecule has 0 aliphatic carbocycles. The maximum absolute atomic E-state index is 4.52. The molecule has 0 saturated carbocycles. The van der Waals surface area contributed by atoms with Crippen LogP contribution in [0, 0.1) is 0 Å². The summed E-state index contributed by atoms with van der Waals surface area (Å²) < 4.78 is 0. The molecule has 0 saturated heterocycles. The molecule has 5 heteroatoms. The highest BCUT2D eigenvalue weighted by Crippen LogP contribution is 2.17. The van der Waals surface area contributed by atoms with Gasteiger partial charge in [-0.15, -0.1) is 10.2 Å². The monoisotopic (exact) mass is 313 g/mol. The fraction of sp³-hybridized carbons (Fsp3) is 0. The van der Waals surface area contributed by atoms with E-state index in [0.717, 1.165) is 28.0 Å². The van der Waals surface area contributed by atoms with Gasteiger partial charge in [0.1, 0.15) is 11.0 Å². The summed E-state index contributed by atoms with van der Waals surface area (Å²) in [6.07, 6.45) is 1.78. The highest BCUT2D eigenvalue weighted by Gasteiger charge is 2.04. The topological polar surface area (TPSA) is 55.1 Å². The molecule has 0 aliphatic heterocycles. The second-order valence-corrected chi connectivity index (χ2v) is 5.31. The normalized spacial score (nSPS) is 11.2. The van der Waals surface area contributed by atoms with Crippen LogP contribution in [-0.4, -0.2) is 21.2 Å². The minimum absolute atomic E-state index is 0.818. The van der Waals surface area contributed by atoms with Gasteiger partial charge in [-0.05, 0) is 35.9 Å². The summed E-state index contributed by atoms with van der Waals surface area (Å²) in [5.74, 6) is 0. The van der Waals surface area contributed by atoms with Gasteiger partial charge >= 0.3 is 0 Å². The molecule has 116 valence electrons. The van der Waals surface area contributed by atoms with Crippen molar-refractivity contribution in [2.24, 2.45) is 5.10 Å². The summed E-state index contributed by atoms with van der Waals surface area (Å²) in [6, 6.07) is 25.6. The van der Waals surface area contributed by atoms with E-state index in [0.29, 0.717) is 0 Å². The zero-order valence-electron chi connectivity index (χ0n) is 12.9. The van der Waals surface area contributed by atoms with Crippen LogP contribution >= 0.6 is 0 Å². The Hall–Kier alpha value is -3.47. The molecule has 0 radical (unpaired) electrons. The van der Waals surface area contributed by atoms with E-state index in [1.165, 1.54) is 0 Å². The van der Waals surface area contributed by atoms with Crippen LogP contribution in [0.25, 0.3) is 16.7 Å². The first kappa shape index (κ1) is 14.1. The smallest absolute Gasteiger partial charge is 0.115 e. The van der Waals surface area contributed by atoms with Gasteiger partial charge in [0.05, 0.1) is 17.6 Å². The first-order valence-corrected chi connectivity index (χ1v) is 7.65. The molecule has 4 rings (SSSR count). The fourth-order valence-electron chi connectivity index (χ4n) is 2.38. The maximum Gasteiger partial charge on any atom is 0.115 e. The van der Waals surface area contributed by atoms with Gasteiger partial charge in [0, 0.05) is 0 Å². The van der Waals surface area contributed by atoms with Gasteiger partial charge in [0.25, 0.3) is 0 Å². The molecule has 0 aliphatic rings. The summed E-state index contributed by atoms with van der Waals surface area (Å²) in [6.45, 7) is 0. The number of nitrogens with one attached hydrogen (secondary N) is 1. The summed E-state index contributed by atoms with van der Waals surface area (Å²) in [7, 11) is 0. The van der Waals surface area contributed by atoms with Crippen molar-refractivity contribution in [3.63, 3.8) is 0 Å². The van der Waals surface area contributed by atoms with Crippen LogP contribution in [-0.2, 0) is 0 Å². The van der Waals surface area contributed by atoms with Crippen LogP contribution in [0.2, 0.25) is 0 Å². The molecule has 0 fully saturated rings. The molecule has 1 N–H and O–H groups in total. The predicted octanol–water partition coefficient (Wildman–Crippen LogP) is 3.87. The second kappa shape index (κ2) is 6.34. The van der Waals surface area contributed by atoms with E-state index in [9.17, 15) is 0 Å². The van der Waals surface area contributed by atoms with Crippen molar-refractivity contribution < 1.29 is 0 Å². The molecule has 24 heavy (non-hydrogen) atoms. The van der Waals surface area contributed by atoms with E-state index < -0.39 is 0 Å². The van der Waals surface area contributed by atoms with Crippen molar-refractivity contribution >= 4 is 22.9 Å². The Morgan fingerprint density at radius 3 is 2.29 bits per heavy atom. The number of aromatic nitrogens is 3. The third kappa shape index (κ3) is 3.01. The Labute approximate surface area is 139 Å². The van der Waals surface area contributed by atoms with Crippen LogP contribution in [0.4, 0.5) is 5.69 Å². The first-order valence-electron chi connectivity index (χ1n) is 7.65. The van der Waals surface area contributed by atoms with E-state index in [1.54, 1.807) is 11.0 Å². The third-order valence-electron chi connectivity index (χ3n) is 3.57. The van der Waals surface area contributed by atoms with Crippen LogP contribution in [0.3, 0.4) is 0 Å². The van der Waals surface area contributed by atoms with Crippen molar-refractivity contribution in [2.75, 3.05) is 5.43 Å². The number of rotatable bonds is 4. The molecule has 0 unspecified atom stereocenters. The highest BCUT2D eigenvalue weighted by atomic mass is 15.5. The third-order valence-corrected chi connectivity index (χ3v) is 3.57. The average molecular weight is 313 g/mol. The number of para-hydroxylation sites is 1. The largest absolute Gasteiger partial charge is 0.278 e. The lowest BCUT2D eigenvalue weighted by atomic mass is 10.2. The number of nitrogens with zero attached hydrogens (tertiary/aromatic N) is 4. The lowest BCUT2D eigenvalue weighted by molar-refractivity contribution is 0.766. The summed E-state index contributed by atoms with van der Waals surface area (Å²) in [5, 5.41) is 13.3. The van der Waals surface area contributed by atoms with E-state index in [-0.39, 0.29) is 0 Å². The Morgan fingerprint density at radius 2 is 1.50 bits per heavy atom. The quantitative estimate of drug-likeness (QED) is 0.460. The van der Waals surface area contributed by atoms with Gasteiger partial charge in [-0.25, -0.2) is 0 Å². The predicted molar refractivity (Wildman–Crippen MR) is 96.5 cm³/mol. The van der Waals surface area contributed by atoms with E-state index in [2.05, 4.69) is 20.7 Å². The number of anilines is 1. The number of benzene rings is 3. The highest BCUT2D eigenvalue weighted by molar-refractivity contribution is 5.81. The minimum atomic E-state index is 0.818. The van der Waals surface area contributed by atoms with Crippen LogP contribution in [0.5, 0.6) is 0 Å². The minimum Gasteiger partial charge on any atom is -0.278 e. The average Bonchev–Trinajstić information content (AvgIpc) is 3.07. The SMILES string of the molecule is C(=NNc1ccc2nn(-c3ccccc3)nc2c1)c1ccccc1. The molecule has 0 atom stereocenters. The number of hydrazone groups is 1. The zero-order chi connectivity index (χ0) is 16.2. The van der Waals surface area contributed by atoms with E-state index >= 15 is 0 Å². The van der Waals surface area contributed by atoms with Crippen molar-refractivity contribution in [1.82, 2.24) is 15.0 Å². The molecule has 0 bridgehead atoms. The second-order valence-electron chi connectivity index (χ2n) is 5.31. The fourth-order valence-corrected chi connectivity index (χ4v) is 2.38. The number of hydrogen-bond acceptors (Lipinski definition) is 4. The van der Waals surface area contributed by atoms with E-state index in [4.69, 9.17) is 0 Å². The molecule has 4 aromatic rings. The van der Waals surface area contributed by atoms with Crippen LogP contribution in [0.1, 0.15) is 5.56 Å². The molecule has 0 amide bonds. The number of hydrogen-bond donors (Lipinski definition) is 1. The number of fused-ring (bicyclic) bond motifs is 1. The Bertz CT molecular complexity index is 975. The summed E-state index contributed by atoms with van der Waals surface area (Å²) in [4.78, 5) is 1.64. The van der Waals surface area contributed by atoms with Gasteiger partial charge in [0.2, 0.25) is 0 Å². The van der Waals surface area contributed by atoms with Crippen molar-refractivity contribution in [3.8, 4) is 5.69 Å². The molecule has 0 spiro atoms. The Balaban J connectivity index is 1.56. The van der Waals surface area contributed by atoms with E-state index in [1.807, 2.05) is 78.9 Å². The zero-order valence-corrected chi connectivity index (χ0v) is 12.9. The maximum atomic E-state index is 4.52. The molecule has 1 heterocycles. The molecule has 3 aromatic carbocycles. The standard InChI is InChI=1S/C19H15N5/c1-3-7-15(8-4-1)14-20-21-16-11-12-18-19(13-16)23-24(22-18)17-9-5-2-6-10-17/h1-14,21H. The summed E-state index contributed by atoms with van der Waals surface area (Å²) >= 11 is 0. The van der Waals surface area contributed by atoms with Gasteiger partial charge in [-0.1, -0.05) is 48.5 Å². The van der Waals surface area contributed by atoms with Crippen molar-refractivity contribution in [1.29, 1.82) is 0 Å². The van der Waals surface area contributed by atoms with Gasteiger partial charge in [0.15, 0.2) is 0 Å². The summed E-state index contributed by atoms with van der Waals surface area (Å²) in [5.41, 5.74) is 7.54. The lowest BCUT2D eigenvalue weighted by Crippen LogP contribution is -1.97. The van der Waals surface area contributed by atoms with Crippen LogP contribution < -0.4 is 5.43 Å². The molecular weight excluding hydrogens is 298 g/mol. The van der Waals surface area contributed by atoms with Gasteiger partial charge in [-0.2, -0.15) is 9.90 Å². The van der Waals surface area contributed by atoms with Crippen molar-refractivity contribution in [2.45, 2.75) is 0 Å². The van der Waals surface area contributed by atoms with Crippen LogP contribution in [0.15, 0.2) is 84.0 Å². The first-order chi connectivity index (χ1) is 11.9. The molecular formula is C19H15N5. The van der Waals surface area contributed by atoms with Gasteiger partial charge < -0.3 is 0 Å². The molecule has 5 nitrogen and oxygen atoms in total. The van der Waals surface area contributed by atoms with Crippen molar-refractivity contribution in [3.05, 3.63) is 84.4 Å².